The van der Waals surface area contributed by atoms with E-state index in [0.29, 0.717) is 5.95 Å². The van der Waals surface area contributed by atoms with E-state index in [1.807, 2.05) is 12.1 Å². The van der Waals surface area contributed by atoms with Gasteiger partial charge in [-0.2, -0.15) is 4.98 Å². The summed E-state index contributed by atoms with van der Waals surface area (Å²) < 4.78 is 11.0. The Labute approximate surface area is 408 Å². The molecule has 0 fully saturated rings. The largest absolute Gasteiger partial charge is 0.456 e. The lowest BCUT2D eigenvalue weighted by atomic mass is 9.82. The molecular weight excluding hydrogens is 867 g/mol. The van der Waals surface area contributed by atoms with Crippen LogP contribution >= 0.6 is 0 Å². The average molecular weight is 910 g/mol. The molecule has 4 aromatic heterocycles. The van der Waals surface area contributed by atoms with Crippen LogP contribution in [0.2, 0.25) is 0 Å². The van der Waals surface area contributed by atoms with Crippen LogP contribution in [-0.4, -0.2) is 19.1 Å². The highest BCUT2D eigenvalue weighted by atomic mass is 16.3. The molecule has 334 valence electrons. The van der Waals surface area contributed by atoms with E-state index >= 15 is 0 Å². The Kier molecular flexibility index (Phi) is 8.32. The molecule has 0 amide bonds. The van der Waals surface area contributed by atoms with Crippen LogP contribution in [0.4, 0.5) is 17.2 Å². The second-order valence-electron chi connectivity index (χ2n) is 19.4. The summed E-state index contributed by atoms with van der Waals surface area (Å²) >= 11 is 0. The molecule has 0 saturated carbocycles. The minimum absolute atomic E-state index is 0.203. The molecule has 0 aliphatic heterocycles. The average Bonchev–Trinajstić information content (AvgIpc) is 4.13. The smallest absolute Gasteiger partial charge is 0.237 e. The molecule has 0 N–H and O–H groups in total. The number of benzene rings is 10. The van der Waals surface area contributed by atoms with Crippen molar-refractivity contribution < 1.29 is 4.42 Å². The highest BCUT2D eigenvalue weighted by Crippen LogP contribution is 2.55. The first-order valence-corrected chi connectivity index (χ1v) is 24.3. The number of para-hydroxylation sites is 5. The van der Waals surface area contributed by atoms with Crippen molar-refractivity contribution in [2.45, 2.75) is 19.3 Å². The zero-order valence-corrected chi connectivity index (χ0v) is 39.0. The first-order valence-electron chi connectivity index (χ1n) is 24.3. The standard InChI is InChI=1S/C65H43N5O/c1-65(2)52-24-11-6-22-47(52)62-53(65)25-16-29-59(62)69(43-33-36-61-51(39-43)46-21-10-15-30-60(46)71-61)63-48-23-7-12-26-54(48)66-64(67-63)70-56-28-14-9-20-45(56)50-38-41(32-35-58(50)70)40-31-34-57-49(37-40)44-19-8-13-27-55(44)68(57)42-17-4-3-5-18-42/h3-39H,1-2H3. The normalized spacial score (nSPS) is 13.0. The predicted octanol–water partition coefficient (Wildman–Crippen LogP) is 17.2. The van der Waals surface area contributed by atoms with Crippen molar-refractivity contribution in [1.29, 1.82) is 0 Å². The fourth-order valence-electron chi connectivity index (χ4n) is 11.8. The summed E-state index contributed by atoms with van der Waals surface area (Å²) in [6.45, 7) is 4.67. The highest BCUT2D eigenvalue weighted by Gasteiger charge is 2.38. The Morgan fingerprint density at radius 2 is 1.01 bits per heavy atom. The first-order chi connectivity index (χ1) is 35.0. The van der Waals surface area contributed by atoms with Crippen LogP contribution in [0.5, 0.6) is 0 Å². The number of hydrogen-bond acceptors (Lipinski definition) is 4. The fraction of sp³-hybridized carbons (Fsp3) is 0.0462. The van der Waals surface area contributed by atoms with E-state index in [2.05, 4.69) is 240 Å². The highest BCUT2D eigenvalue weighted by molar-refractivity contribution is 6.13. The number of rotatable bonds is 6. The van der Waals surface area contributed by atoms with E-state index < -0.39 is 0 Å². The van der Waals surface area contributed by atoms with Gasteiger partial charge in [0.1, 0.15) is 11.2 Å². The molecule has 0 bridgehead atoms. The summed E-state index contributed by atoms with van der Waals surface area (Å²) in [5.74, 6) is 1.39. The van der Waals surface area contributed by atoms with Crippen molar-refractivity contribution in [2.75, 3.05) is 4.90 Å². The van der Waals surface area contributed by atoms with Gasteiger partial charge in [-0.3, -0.25) is 9.47 Å². The molecule has 10 aromatic carbocycles. The topological polar surface area (TPSA) is 52.0 Å². The molecule has 6 nitrogen and oxygen atoms in total. The van der Waals surface area contributed by atoms with E-state index in [0.717, 1.165) is 88.7 Å². The summed E-state index contributed by atoms with van der Waals surface area (Å²) in [7, 11) is 0. The van der Waals surface area contributed by atoms with E-state index in [1.54, 1.807) is 0 Å². The zero-order valence-electron chi connectivity index (χ0n) is 39.0. The van der Waals surface area contributed by atoms with Crippen molar-refractivity contribution in [3.8, 4) is 33.9 Å². The summed E-state index contributed by atoms with van der Waals surface area (Å²) in [5, 5.41) is 7.80. The second-order valence-corrected chi connectivity index (χ2v) is 19.4. The van der Waals surface area contributed by atoms with Gasteiger partial charge >= 0.3 is 0 Å². The molecule has 1 aliphatic carbocycles. The van der Waals surface area contributed by atoms with Gasteiger partial charge in [0.05, 0.1) is 33.3 Å². The number of nitrogens with zero attached hydrogens (tertiary/aromatic N) is 5. The molecule has 0 spiro atoms. The number of hydrogen-bond donors (Lipinski definition) is 0. The van der Waals surface area contributed by atoms with Crippen molar-refractivity contribution in [3.63, 3.8) is 0 Å². The predicted molar refractivity (Wildman–Crippen MR) is 293 cm³/mol. The Morgan fingerprint density at radius 3 is 1.79 bits per heavy atom. The van der Waals surface area contributed by atoms with Gasteiger partial charge in [-0.25, -0.2) is 4.98 Å². The fourth-order valence-corrected chi connectivity index (χ4v) is 11.8. The van der Waals surface area contributed by atoms with Gasteiger partial charge in [0.25, 0.3) is 0 Å². The van der Waals surface area contributed by atoms with Gasteiger partial charge in [0.2, 0.25) is 5.95 Å². The zero-order chi connectivity index (χ0) is 47.0. The number of anilines is 3. The van der Waals surface area contributed by atoms with Crippen molar-refractivity contribution in [1.82, 2.24) is 19.1 Å². The maximum Gasteiger partial charge on any atom is 0.237 e. The number of fused-ring (bicyclic) bond motifs is 13. The lowest BCUT2D eigenvalue weighted by molar-refractivity contribution is 0.660. The SMILES string of the molecule is CC1(C)c2ccccc2-c2c(N(c3ccc4oc5ccccc5c4c3)c3nc(-n4c5ccccc5c5cc(-c6ccc7c(c6)c6ccccc6n7-c6ccccc6)ccc54)nc4ccccc34)cccc21. The summed E-state index contributed by atoms with van der Waals surface area (Å²) in [6.07, 6.45) is 0. The summed E-state index contributed by atoms with van der Waals surface area (Å²) in [4.78, 5) is 13.6. The van der Waals surface area contributed by atoms with Crippen LogP contribution in [-0.2, 0) is 5.41 Å². The monoisotopic (exact) mass is 909 g/mol. The lowest BCUT2D eigenvalue weighted by Gasteiger charge is -2.29. The van der Waals surface area contributed by atoms with Gasteiger partial charge in [-0.05, 0) is 119 Å². The molecule has 0 radical (unpaired) electrons. The number of furan rings is 1. The quantitative estimate of drug-likeness (QED) is 0.167. The maximum atomic E-state index is 6.41. The van der Waals surface area contributed by atoms with Gasteiger partial charge < -0.3 is 8.98 Å². The Bertz CT molecular complexity index is 4520. The van der Waals surface area contributed by atoms with Gasteiger partial charge in [0.15, 0.2) is 5.82 Å². The molecule has 71 heavy (non-hydrogen) atoms. The molecule has 14 aromatic rings. The van der Waals surface area contributed by atoms with E-state index in [4.69, 9.17) is 14.4 Å². The third kappa shape index (κ3) is 5.76. The van der Waals surface area contributed by atoms with E-state index in [1.165, 1.54) is 44.1 Å². The van der Waals surface area contributed by atoms with Crippen LogP contribution in [0.1, 0.15) is 25.0 Å². The number of aromatic nitrogens is 4. The minimum atomic E-state index is -0.203. The Morgan fingerprint density at radius 1 is 0.423 bits per heavy atom. The minimum Gasteiger partial charge on any atom is -0.456 e. The van der Waals surface area contributed by atoms with Crippen LogP contribution in [0, 0.1) is 0 Å². The van der Waals surface area contributed by atoms with Crippen LogP contribution in [0.25, 0.3) is 110 Å². The first kappa shape index (κ1) is 39.7. The maximum absolute atomic E-state index is 6.41. The van der Waals surface area contributed by atoms with Gasteiger partial charge in [0, 0.05) is 60.1 Å². The Balaban J connectivity index is 0.958. The van der Waals surface area contributed by atoms with E-state index in [9.17, 15) is 0 Å². The second kappa shape index (κ2) is 14.9. The van der Waals surface area contributed by atoms with Crippen molar-refractivity contribution in [3.05, 3.63) is 236 Å². The summed E-state index contributed by atoms with van der Waals surface area (Å²) in [5.41, 5.74) is 17.3. The lowest BCUT2D eigenvalue weighted by Crippen LogP contribution is -2.17. The molecule has 0 unspecified atom stereocenters. The molecule has 15 rings (SSSR count). The Hall–Kier alpha value is -9.26. The molecule has 4 heterocycles. The molecule has 0 atom stereocenters. The van der Waals surface area contributed by atoms with Crippen LogP contribution in [0.15, 0.2) is 229 Å². The van der Waals surface area contributed by atoms with Gasteiger partial charge in [-0.1, -0.05) is 147 Å². The molecular formula is C65H43N5O. The molecule has 1 aliphatic rings. The molecule has 0 saturated heterocycles. The third-order valence-corrected chi connectivity index (χ3v) is 15.1. The van der Waals surface area contributed by atoms with E-state index in [-0.39, 0.29) is 5.41 Å². The van der Waals surface area contributed by atoms with Crippen molar-refractivity contribution in [2.24, 2.45) is 0 Å². The third-order valence-electron chi connectivity index (χ3n) is 15.1. The van der Waals surface area contributed by atoms with Crippen molar-refractivity contribution >= 4 is 93.6 Å². The molecule has 6 heteroatoms. The summed E-state index contributed by atoms with van der Waals surface area (Å²) in [6, 6.07) is 80.6. The van der Waals surface area contributed by atoms with Gasteiger partial charge in [-0.15, -0.1) is 0 Å². The van der Waals surface area contributed by atoms with Crippen LogP contribution < -0.4 is 4.90 Å². The van der Waals surface area contributed by atoms with Crippen LogP contribution in [0.3, 0.4) is 0 Å².